The number of ether oxygens (including phenoxy) is 2. The molecule has 1 heterocycles. The van der Waals surface area contributed by atoms with Crippen molar-refractivity contribution in [1.82, 2.24) is 0 Å². The quantitative estimate of drug-likeness (QED) is 0.643. The molecular formula is C17H24N2O4. The second kappa shape index (κ2) is 6.89. The Bertz CT molecular complexity index is 596. The fourth-order valence-corrected chi connectivity index (χ4v) is 2.69. The first-order valence-corrected chi connectivity index (χ1v) is 8.03. The minimum atomic E-state index is -0.966. The van der Waals surface area contributed by atoms with Gasteiger partial charge in [-0.15, -0.1) is 0 Å². The van der Waals surface area contributed by atoms with Crippen molar-refractivity contribution in [3.05, 3.63) is 18.2 Å². The topological polar surface area (TPSA) is 81.9 Å². The lowest BCUT2D eigenvalue weighted by atomic mass is 9.92. The zero-order valence-corrected chi connectivity index (χ0v) is 13.9. The Kier molecular flexibility index (Phi) is 5.13. The van der Waals surface area contributed by atoms with Crippen LogP contribution in [0.5, 0.6) is 5.75 Å². The monoisotopic (exact) mass is 320 g/mol. The van der Waals surface area contributed by atoms with Crippen molar-refractivity contribution in [2.45, 2.75) is 45.6 Å². The molecule has 0 spiro atoms. The number of carbonyl (C=O) groups is 2. The van der Waals surface area contributed by atoms with Crippen LogP contribution in [0.1, 0.15) is 40.0 Å². The van der Waals surface area contributed by atoms with E-state index in [0.717, 1.165) is 6.42 Å². The van der Waals surface area contributed by atoms with Crippen molar-refractivity contribution < 1.29 is 19.1 Å². The highest BCUT2D eigenvalue weighted by Gasteiger charge is 2.46. The van der Waals surface area contributed by atoms with Gasteiger partial charge >= 0.3 is 5.97 Å². The zero-order chi connectivity index (χ0) is 17.0. The fourth-order valence-electron chi connectivity index (χ4n) is 2.69. The first-order valence-electron chi connectivity index (χ1n) is 8.03. The number of esters is 1. The number of hydrogen-bond donors (Lipinski definition) is 1. The molecular weight excluding hydrogens is 296 g/mol. The molecule has 1 aliphatic heterocycles. The van der Waals surface area contributed by atoms with E-state index in [4.69, 9.17) is 15.2 Å². The summed E-state index contributed by atoms with van der Waals surface area (Å²) in [4.78, 5) is 26.4. The maximum atomic E-state index is 12.9. The molecule has 1 aromatic carbocycles. The highest BCUT2D eigenvalue weighted by molar-refractivity contribution is 6.05. The van der Waals surface area contributed by atoms with Gasteiger partial charge in [-0.25, -0.2) is 0 Å². The molecule has 0 atom stereocenters. The predicted molar refractivity (Wildman–Crippen MR) is 88.4 cm³/mol. The lowest BCUT2D eigenvalue weighted by Crippen LogP contribution is -2.56. The Morgan fingerprint density at radius 2 is 2.00 bits per heavy atom. The molecule has 23 heavy (non-hydrogen) atoms. The number of amides is 1. The molecule has 126 valence electrons. The largest absolute Gasteiger partial charge is 0.475 e. The smallest absolute Gasteiger partial charge is 0.326 e. The van der Waals surface area contributed by atoms with E-state index < -0.39 is 11.6 Å². The van der Waals surface area contributed by atoms with Gasteiger partial charge in [0, 0.05) is 11.8 Å². The first-order chi connectivity index (χ1) is 11.0. The fraction of sp³-hybridized carbons (Fsp3) is 0.529. The zero-order valence-electron chi connectivity index (χ0n) is 13.9. The Morgan fingerprint density at radius 1 is 1.30 bits per heavy atom. The van der Waals surface area contributed by atoms with Crippen LogP contribution in [0.15, 0.2) is 18.2 Å². The van der Waals surface area contributed by atoms with Gasteiger partial charge in [0.05, 0.1) is 12.3 Å². The number of anilines is 2. The lowest BCUT2D eigenvalue weighted by Gasteiger charge is -2.41. The molecule has 1 amide bonds. The summed E-state index contributed by atoms with van der Waals surface area (Å²) in [6.45, 7) is 5.93. The van der Waals surface area contributed by atoms with E-state index in [1.807, 2.05) is 20.8 Å². The molecule has 1 aromatic rings. The van der Waals surface area contributed by atoms with Gasteiger partial charge in [-0.3, -0.25) is 14.5 Å². The average Bonchev–Trinajstić information content (AvgIpc) is 2.55. The van der Waals surface area contributed by atoms with E-state index >= 15 is 0 Å². The van der Waals surface area contributed by atoms with Gasteiger partial charge < -0.3 is 15.2 Å². The van der Waals surface area contributed by atoms with Gasteiger partial charge in [-0.2, -0.15) is 0 Å². The maximum absolute atomic E-state index is 12.9. The van der Waals surface area contributed by atoms with E-state index in [-0.39, 0.29) is 12.5 Å². The molecule has 1 aliphatic rings. The van der Waals surface area contributed by atoms with Crippen LogP contribution >= 0.6 is 0 Å². The van der Waals surface area contributed by atoms with E-state index in [2.05, 4.69) is 0 Å². The second-order valence-corrected chi connectivity index (χ2v) is 5.64. The van der Waals surface area contributed by atoms with Crippen LogP contribution in [-0.4, -0.2) is 30.6 Å². The molecule has 0 aromatic heterocycles. The van der Waals surface area contributed by atoms with Crippen molar-refractivity contribution >= 4 is 23.3 Å². The molecule has 0 aliphatic carbocycles. The molecule has 2 rings (SSSR count). The van der Waals surface area contributed by atoms with Crippen LogP contribution in [-0.2, 0) is 14.3 Å². The van der Waals surface area contributed by atoms with Crippen molar-refractivity contribution in [2.75, 3.05) is 23.8 Å². The van der Waals surface area contributed by atoms with Crippen molar-refractivity contribution in [3.8, 4) is 5.75 Å². The van der Waals surface area contributed by atoms with Crippen LogP contribution in [0.3, 0.4) is 0 Å². The van der Waals surface area contributed by atoms with Crippen molar-refractivity contribution in [3.63, 3.8) is 0 Å². The Labute approximate surface area is 136 Å². The van der Waals surface area contributed by atoms with Gasteiger partial charge in [0.2, 0.25) is 0 Å². The summed E-state index contributed by atoms with van der Waals surface area (Å²) in [6, 6.07) is 5.07. The number of nitrogen functional groups attached to an aromatic ring is 1. The normalized spacial score (nSPS) is 15.8. The van der Waals surface area contributed by atoms with Crippen LogP contribution in [0.2, 0.25) is 0 Å². The first kappa shape index (κ1) is 17.1. The number of rotatable bonds is 6. The van der Waals surface area contributed by atoms with Crippen LogP contribution in [0.4, 0.5) is 11.4 Å². The number of benzene rings is 1. The minimum absolute atomic E-state index is 0.124. The summed E-state index contributed by atoms with van der Waals surface area (Å²) in [5, 5.41) is 0. The number of carbonyl (C=O) groups excluding carboxylic acids is 2. The SMILES string of the molecule is CCCOC(=O)CN1C(=O)C(CC)(CC)Oc2cc(N)ccc21. The number of nitrogens with two attached hydrogens (primary N) is 1. The standard InChI is InChI=1S/C17H24N2O4/c1-4-9-22-15(20)11-19-13-8-7-12(18)10-14(13)23-17(5-2,6-3)16(19)21/h7-8,10H,4-6,9,11,18H2,1-3H3. The second-order valence-electron chi connectivity index (χ2n) is 5.64. The molecule has 0 fully saturated rings. The highest BCUT2D eigenvalue weighted by atomic mass is 16.5. The summed E-state index contributed by atoms with van der Waals surface area (Å²) in [7, 11) is 0. The van der Waals surface area contributed by atoms with Gasteiger partial charge in [0.15, 0.2) is 5.60 Å². The number of fused-ring (bicyclic) bond motifs is 1. The molecule has 2 N–H and O–H groups in total. The van der Waals surface area contributed by atoms with Gasteiger partial charge in [-0.05, 0) is 31.4 Å². The van der Waals surface area contributed by atoms with Crippen molar-refractivity contribution in [2.24, 2.45) is 0 Å². The molecule has 0 bridgehead atoms. The Morgan fingerprint density at radius 3 is 2.61 bits per heavy atom. The molecule has 6 heteroatoms. The average molecular weight is 320 g/mol. The third kappa shape index (κ3) is 3.25. The predicted octanol–water partition coefficient (Wildman–Crippen LogP) is 2.51. The third-order valence-electron chi connectivity index (χ3n) is 4.11. The number of nitrogens with zero attached hydrogens (tertiary/aromatic N) is 1. The lowest BCUT2D eigenvalue weighted by molar-refractivity contribution is -0.145. The summed E-state index contributed by atoms with van der Waals surface area (Å²) < 4.78 is 11.1. The highest BCUT2D eigenvalue weighted by Crippen LogP contribution is 2.41. The third-order valence-corrected chi connectivity index (χ3v) is 4.11. The van der Waals surface area contributed by atoms with E-state index in [1.54, 1.807) is 18.2 Å². The van der Waals surface area contributed by atoms with Crippen LogP contribution in [0, 0.1) is 0 Å². The van der Waals surface area contributed by atoms with Crippen LogP contribution < -0.4 is 15.4 Å². The molecule has 6 nitrogen and oxygen atoms in total. The van der Waals surface area contributed by atoms with Crippen LogP contribution in [0.25, 0.3) is 0 Å². The molecule has 0 radical (unpaired) electrons. The minimum Gasteiger partial charge on any atom is -0.475 e. The summed E-state index contributed by atoms with van der Waals surface area (Å²) in [6.07, 6.45) is 1.76. The van der Waals surface area contributed by atoms with E-state index in [0.29, 0.717) is 36.6 Å². The Balaban J connectivity index is 2.38. The van der Waals surface area contributed by atoms with Gasteiger partial charge in [0.1, 0.15) is 12.3 Å². The maximum Gasteiger partial charge on any atom is 0.326 e. The van der Waals surface area contributed by atoms with Gasteiger partial charge in [-0.1, -0.05) is 20.8 Å². The molecule has 0 saturated heterocycles. The van der Waals surface area contributed by atoms with E-state index in [9.17, 15) is 9.59 Å². The van der Waals surface area contributed by atoms with Crippen molar-refractivity contribution in [1.29, 1.82) is 0 Å². The molecule has 0 saturated carbocycles. The summed E-state index contributed by atoms with van der Waals surface area (Å²) in [5.74, 6) is -0.115. The van der Waals surface area contributed by atoms with Gasteiger partial charge in [0.25, 0.3) is 5.91 Å². The van der Waals surface area contributed by atoms with E-state index in [1.165, 1.54) is 4.90 Å². The summed E-state index contributed by atoms with van der Waals surface area (Å²) in [5.41, 5.74) is 5.96. The Hall–Kier alpha value is -2.24. The molecule has 0 unspecified atom stereocenters. The summed E-state index contributed by atoms with van der Waals surface area (Å²) >= 11 is 0. The number of hydrogen-bond acceptors (Lipinski definition) is 5.